The van der Waals surface area contributed by atoms with Gasteiger partial charge >= 0.3 is 0 Å². The fourth-order valence-electron chi connectivity index (χ4n) is 1.64. The first-order valence-corrected chi connectivity index (χ1v) is 7.53. The van der Waals surface area contributed by atoms with E-state index in [0.717, 1.165) is 19.4 Å². The van der Waals surface area contributed by atoms with Gasteiger partial charge in [-0.05, 0) is 24.6 Å². The third-order valence-corrected chi connectivity index (χ3v) is 2.95. The van der Waals surface area contributed by atoms with Gasteiger partial charge < -0.3 is 19.9 Å². The summed E-state index contributed by atoms with van der Waals surface area (Å²) in [5.74, 6) is -0.417. The van der Waals surface area contributed by atoms with Crippen LogP contribution in [0.4, 0.5) is 10.1 Å². The molecule has 1 unspecified atom stereocenters. The quantitative estimate of drug-likeness (QED) is 0.615. The molecule has 0 heterocycles. The third-order valence-electron chi connectivity index (χ3n) is 2.73. The monoisotopic (exact) mass is 319 g/mol. The Hall–Kier alpha value is -0.880. The number of anilines is 1. The van der Waals surface area contributed by atoms with Crippen molar-refractivity contribution in [2.24, 2.45) is 0 Å². The summed E-state index contributed by atoms with van der Waals surface area (Å²) in [6, 6.07) is 4.14. The molecule has 0 aromatic heterocycles. The lowest BCUT2D eigenvalue weighted by molar-refractivity contribution is 0.00749. The lowest BCUT2D eigenvalue weighted by Crippen LogP contribution is -2.25. The van der Waals surface area contributed by atoms with E-state index in [4.69, 9.17) is 21.1 Å². The fourth-order valence-corrected chi connectivity index (χ4v) is 1.86. The van der Waals surface area contributed by atoms with Crippen LogP contribution in [0.1, 0.15) is 19.8 Å². The average molecular weight is 320 g/mol. The minimum absolute atomic E-state index is 0.202. The summed E-state index contributed by atoms with van der Waals surface area (Å²) in [5.41, 5.74) is 0.530. The molecule has 6 heteroatoms. The highest BCUT2D eigenvalue weighted by Crippen LogP contribution is 2.17. The minimum atomic E-state index is -0.678. The molecule has 0 saturated carbocycles. The average Bonchev–Trinajstić information content (AvgIpc) is 2.43. The lowest BCUT2D eigenvalue weighted by Gasteiger charge is -2.13. The Bertz CT molecular complexity index is 386. The number of hydrogen-bond donors (Lipinski definition) is 2. The van der Waals surface area contributed by atoms with Gasteiger partial charge in [0.1, 0.15) is 5.82 Å². The van der Waals surface area contributed by atoms with Crippen LogP contribution in [0.25, 0.3) is 0 Å². The Kier molecular flexibility index (Phi) is 9.34. The molecular formula is C15H23ClFNO3. The summed E-state index contributed by atoms with van der Waals surface area (Å²) in [6.45, 7) is 4.29. The van der Waals surface area contributed by atoms with E-state index in [1.165, 1.54) is 12.1 Å². The second-order valence-electron chi connectivity index (χ2n) is 4.73. The molecule has 120 valence electrons. The number of nitrogens with one attached hydrogen (secondary N) is 1. The number of hydrogen-bond acceptors (Lipinski definition) is 4. The summed E-state index contributed by atoms with van der Waals surface area (Å²) in [6.07, 6.45) is 1.47. The van der Waals surface area contributed by atoms with Crippen molar-refractivity contribution >= 4 is 17.3 Å². The largest absolute Gasteiger partial charge is 0.389 e. The number of unbranched alkanes of at least 4 members (excludes halogenated alkanes) is 1. The molecule has 0 radical (unpaired) electrons. The Labute approximate surface area is 130 Å². The second-order valence-corrected chi connectivity index (χ2v) is 5.17. The van der Waals surface area contributed by atoms with E-state index >= 15 is 0 Å². The van der Waals surface area contributed by atoms with E-state index in [2.05, 4.69) is 12.2 Å². The van der Waals surface area contributed by atoms with Gasteiger partial charge in [-0.3, -0.25) is 0 Å². The van der Waals surface area contributed by atoms with Gasteiger partial charge in [-0.15, -0.1) is 0 Å². The summed E-state index contributed by atoms with van der Waals surface area (Å²) >= 11 is 5.74. The highest BCUT2D eigenvalue weighted by Gasteiger charge is 2.05. The van der Waals surface area contributed by atoms with Crippen molar-refractivity contribution in [3.05, 3.63) is 29.0 Å². The van der Waals surface area contributed by atoms with Crippen LogP contribution in [0.15, 0.2) is 18.2 Å². The molecule has 1 atom stereocenters. The predicted molar refractivity (Wildman–Crippen MR) is 82.5 cm³/mol. The van der Waals surface area contributed by atoms with Crippen molar-refractivity contribution < 1.29 is 19.0 Å². The highest BCUT2D eigenvalue weighted by atomic mass is 35.5. The SMILES string of the molecule is CCCCOCCOCC(O)CNc1cc(F)cc(Cl)c1. The molecule has 0 saturated heterocycles. The van der Waals surface area contributed by atoms with Gasteiger partial charge in [0.2, 0.25) is 0 Å². The van der Waals surface area contributed by atoms with E-state index < -0.39 is 11.9 Å². The minimum Gasteiger partial charge on any atom is -0.389 e. The van der Waals surface area contributed by atoms with E-state index in [-0.39, 0.29) is 13.2 Å². The zero-order valence-corrected chi connectivity index (χ0v) is 13.0. The van der Waals surface area contributed by atoms with Crippen LogP contribution in [0, 0.1) is 5.82 Å². The van der Waals surface area contributed by atoms with Gasteiger partial charge in [0.05, 0.1) is 25.9 Å². The van der Waals surface area contributed by atoms with E-state index in [1.54, 1.807) is 6.07 Å². The number of halogens is 2. The summed E-state index contributed by atoms with van der Waals surface area (Å²) < 4.78 is 23.7. The van der Waals surface area contributed by atoms with Crippen LogP contribution in [0.5, 0.6) is 0 Å². The molecule has 1 rings (SSSR count). The number of aliphatic hydroxyl groups is 1. The first kappa shape index (κ1) is 18.2. The van der Waals surface area contributed by atoms with Crippen molar-refractivity contribution in [2.75, 3.05) is 38.3 Å². The summed E-state index contributed by atoms with van der Waals surface area (Å²) in [5, 5.41) is 13.0. The molecule has 0 amide bonds. The van der Waals surface area contributed by atoms with Crippen LogP contribution >= 0.6 is 11.6 Å². The maximum atomic E-state index is 13.1. The summed E-state index contributed by atoms with van der Waals surface area (Å²) in [4.78, 5) is 0. The van der Waals surface area contributed by atoms with Gasteiger partial charge in [-0.2, -0.15) is 0 Å². The Morgan fingerprint density at radius 3 is 2.71 bits per heavy atom. The lowest BCUT2D eigenvalue weighted by atomic mass is 10.3. The van der Waals surface area contributed by atoms with Gasteiger partial charge in [0, 0.05) is 23.9 Å². The second kappa shape index (κ2) is 10.8. The van der Waals surface area contributed by atoms with Crippen molar-refractivity contribution in [2.45, 2.75) is 25.9 Å². The van der Waals surface area contributed by atoms with Gasteiger partial charge in [-0.25, -0.2) is 4.39 Å². The number of ether oxygens (including phenoxy) is 2. The molecule has 0 spiro atoms. The first-order chi connectivity index (χ1) is 10.1. The molecule has 0 bridgehead atoms. The summed E-state index contributed by atoms with van der Waals surface area (Å²) in [7, 11) is 0. The maximum absolute atomic E-state index is 13.1. The maximum Gasteiger partial charge on any atom is 0.126 e. The molecular weight excluding hydrogens is 297 g/mol. The Balaban J connectivity index is 2.09. The van der Waals surface area contributed by atoms with Crippen molar-refractivity contribution in [3.8, 4) is 0 Å². The smallest absolute Gasteiger partial charge is 0.126 e. The van der Waals surface area contributed by atoms with Crippen LogP contribution < -0.4 is 5.32 Å². The predicted octanol–water partition coefficient (Wildman–Crippen LogP) is 3.09. The standard InChI is InChI=1S/C15H23ClFNO3/c1-2-3-4-20-5-6-21-11-15(19)10-18-14-8-12(16)7-13(17)9-14/h7-9,15,18-19H,2-6,10-11H2,1H3. The van der Waals surface area contributed by atoms with Crippen molar-refractivity contribution in [1.82, 2.24) is 0 Å². The van der Waals surface area contributed by atoms with Gasteiger partial charge in [0.15, 0.2) is 0 Å². The molecule has 0 aliphatic rings. The fraction of sp³-hybridized carbons (Fsp3) is 0.600. The van der Waals surface area contributed by atoms with E-state index in [0.29, 0.717) is 23.9 Å². The van der Waals surface area contributed by atoms with Crippen LogP contribution in [0.2, 0.25) is 5.02 Å². The number of benzene rings is 1. The Morgan fingerprint density at radius 1 is 1.24 bits per heavy atom. The van der Waals surface area contributed by atoms with Gasteiger partial charge in [-0.1, -0.05) is 24.9 Å². The van der Waals surface area contributed by atoms with Crippen LogP contribution in [0.3, 0.4) is 0 Å². The van der Waals surface area contributed by atoms with Gasteiger partial charge in [0.25, 0.3) is 0 Å². The van der Waals surface area contributed by atoms with Crippen molar-refractivity contribution in [3.63, 3.8) is 0 Å². The molecule has 0 aliphatic heterocycles. The molecule has 4 nitrogen and oxygen atoms in total. The normalized spacial score (nSPS) is 12.4. The molecule has 0 aliphatic carbocycles. The Morgan fingerprint density at radius 2 is 2.00 bits per heavy atom. The molecule has 1 aromatic rings. The first-order valence-electron chi connectivity index (χ1n) is 7.15. The molecule has 0 fully saturated rings. The molecule has 1 aromatic carbocycles. The van der Waals surface area contributed by atoms with Crippen molar-refractivity contribution in [1.29, 1.82) is 0 Å². The number of aliphatic hydroxyl groups excluding tert-OH is 1. The number of rotatable bonds is 11. The van der Waals surface area contributed by atoms with Crippen LogP contribution in [-0.4, -0.2) is 44.2 Å². The highest BCUT2D eigenvalue weighted by molar-refractivity contribution is 6.30. The zero-order chi connectivity index (χ0) is 15.5. The van der Waals surface area contributed by atoms with E-state index in [1.807, 2.05) is 0 Å². The molecule has 21 heavy (non-hydrogen) atoms. The van der Waals surface area contributed by atoms with Crippen LogP contribution in [-0.2, 0) is 9.47 Å². The zero-order valence-electron chi connectivity index (χ0n) is 12.3. The van der Waals surface area contributed by atoms with E-state index in [9.17, 15) is 9.50 Å². The topological polar surface area (TPSA) is 50.7 Å². The molecule has 2 N–H and O–H groups in total. The third kappa shape index (κ3) is 8.88.